The van der Waals surface area contributed by atoms with Crippen LogP contribution in [0, 0.1) is 0 Å². The number of carbonyl (C=O) groups excluding carboxylic acids is 1. The van der Waals surface area contributed by atoms with E-state index in [4.69, 9.17) is 4.42 Å². The summed E-state index contributed by atoms with van der Waals surface area (Å²) in [6, 6.07) is 4.17. The van der Waals surface area contributed by atoms with Crippen LogP contribution in [0.4, 0.5) is 0 Å². The molecule has 8 nitrogen and oxygen atoms in total. The van der Waals surface area contributed by atoms with Gasteiger partial charge in [-0.25, -0.2) is 4.68 Å². The zero-order valence-corrected chi connectivity index (χ0v) is 17.5. The number of aromatic nitrogens is 3. The highest BCUT2D eigenvalue weighted by atomic mass is 16.3. The number of carbonyl (C=O) groups is 1. The van der Waals surface area contributed by atoms with E-state index in [0.717, 1.165) is 37.3 Å². The average Bonchev–Trinajstić information content (AvgIpc) is 3.38. The number of rotatable bonds is 4. The van der Waals surface area contributed by atoms with E-state index in [1.54, 1.807) is 12.3 Å². The summed E-state index contributed by atoms with van der Waals surface area (Å²) in [6.07, 6.45) is 8.22. The second kappa shape index (κ2) is 7.91. The molecular weight excluding hydrogens is 382 g/mol. The van der Waals surface area contributed by atoms with Crippen molar-refractivity contribution in [2.45, 2.75) is 58.0 Å². The van der Waals surface area contributed by atoms with E-state index in [1.807, 2.05) is 22.3 Å². The van der Waals surface area contributed by atoms with E-state index in [-0.39, 0.29) is 18.0 Å². The fourth-order valence-corrected chi connectivity index (χ4v) is 5.05. The van der Waals surface area contributed by atoms with Gasteiger partial charge in [0.25, 0.3) is 5.56 Å². The molecule has 5 heterocycles. The Hall–Kier alpha value is -2.61. The average molecular weight is 412 g/mol. The highest BCUT2D eigenvalue weighted by molar-refractivity contribution is 5.82. The van der Waals surface area contributed by atoms with Gasteiger partial charge in [-0.1, -0.05) is 13.3 Å². The van der Waals surface area contributed by atoms with Crippen LogP contribution in [0.1, 0.15) is 44.9 Å². The van der Waals surface area contributed by atoms with Crippen LogP contribution >= 0.6 is 0 Å². The van der Waals surface area contributed by atoms with Gasteiger partial charge < -0.3 is 14.2 Å². The third kappa shape index (κ3) is 3.33. The standard InChI is InChI=1S/C22H29N5O3/c1-2-20-23-26(22(29)18-14-19-17(27(18)20)8-13-30-19)15-21(28)25-11-6-16(7-12-25)24-9-4-3-5-10-24/h8,13-14,16H,2-7,9-12,15H2,1H3. The number of hydrogen-bond acceptors (Lipinski definition) is 5. The first-order valence-electron chi connectivity index (χ1n) is 11.2. The van der Waals surface area contributed by atoms with Gasteiger partial charge in [0.1, 0.15) is 17.9 Å². The molecule has 0 unspecified atom stereocenters. The molecule has 8 heteroatoms. The Balaban J connectivity index is 1.32. The van der Waals surface area contributed by atoms with Gasteiger partial charge in [-0.15, -0.1) is 0 Å². The Kier molecular flexibility index (Phi) is 5.10. The second-order valence-electron chi connectivity index (χ2n) is 8.48. The largest absolute Gasteiger partial charge is 0.463 e. The SMILES string of the molecule is CCc1nn(CC(=O)N2CCC(N3CCCCC3)CC2)c(=O)c2cc3occc3n12. The molecule has 0 bridgehead atoms. The lowest BCUT2D eigenvalue weighted by molar-refractivity contribution is -0.133. The Morgan fingerprint density at radius 2 is 1.90 bits per heavy atom. The summed E-state index contributed by atoms with van der Waals surface area (Å²) in [7, 11) is 0. The molecule has 3 aromatic heterocycles. The molecule has 0 aliphatic carbocycles. The minimum atomic E-state index is -0.254. The van der Waals surface area contributed by atoms with Crippen LogP contribution in [-0.2, 0) is 17.8 Å². The summed E-state index contributed by atoms with van der Waals surface area (Å²) in [5.74, 6) is 0.723. The molecule has 1 amide bonds. The van der Waals surface area contributed by atoms with Gasteiger partial charge in [0.15, 0.2) is 5.58 Å². The Morgan fingerprint density at radius 1 is 1.13 bits per heavy atom. The van der Waals surface area contributed by atoms with Crippen molar-refractivity contribution >= 4 is 22.5 Å². The normalized spacial score (nSPS) is 19.2. The lowest BCUT2D eigenvalue weighted by Crippen LogP contribution is -2.49. The third-order valence-electron chi connectivity index (χ3n) is 6.70. The predicted molar refractivity (Wildman–Crippen MR) is 114 cm³/mol. The topological polar surface area (TPSA) is 76.0 Å². The Labute approximate surface area is 175 Å². The summed E-state index contributed by atoms with van der Waals surface area (Å²) in [6.45, 7) is 5.89. The number of hydrogen-bond donors (Lipinski definition) is 0. The number of likely N-dealkylation sites (tertiary alicyclic amines) is 2. The molecule has 5 rings (SSSR count). The van der Waals surface area contributed by atoms with Crippen LogP contribution in [0.15, 0.2) is 27.6 Å². The van der Waals surface area contributed by atoms with Crippen molar-refractivity contribution in [1.82, 2.24) is 24.0 Å². The van der Waals surface area contributed by atoms with Crippen molar-refractivity contribution < 1.29 is 9.21 Å². The van der Waals surface area contributed by atoms with Gasteiger partial charge >= 0.3 is 0 Å². The smallest absolute Gasteiger partial charge is 0.291 e. The van der Waals surface area contributed by atoms with Crippen molar-refractivity contribution in [3.05, 3.63) is 34.6 Å². The maximum Gasteiger partial charge on any atom is 0.291 e. The van der Waals surface area contributed by atoms with Crippen LogP contribution < -0.4 is 5.56 Å². The van der Waals surface area contributed by atoms with E-state index >= 15 is 0 Å². The van der Waals surface area contributed by atoms with E-state index in [2.05, 4.69) is 10.00 Å². The minimum absolute atomic E-state index is 0.0107. The van der Waals surface area contributed by atoms with E-state index < -0.39 is 0 Å². The lowest BCUT2D eigenvalue weighted by Gasteiger charge is -2.40. The summed E-state index contributed by atoms with van der Waals surface area (Å²) in [5, 5.41) is 4.51. The van der Waals surface area contributed by atoms with Gasteiger partial charge in [-0.2, -0.15) is 5.10 Å². The molecule has 0 N–H and O–H groups in total. The number of nitrogens with zero attached hydrogens (tertiary/aromatic N) is 5. The third-order valence-corrected chi connectivity index (χ3v) is 6.70. The first-order valence-corrected chi connectivity index (χ1v) is 11.2. The molecule has 2 fully saturated rings. The van der Waals surface area contributed by atoms with Crippen LogP contribution in [0.3, 0.4) is 0 Å². The van der Waals surface area contributed by atoms with Gasteiger partial charge in [0, 0.05) is 37.7 Å². The molecule has 160 valence electrons. The molecule has 0 spiro atoms. The quantitative estimate of drug-likeness (QED) is 0.658. The molecular formula is C22H29N5O3. The maximum atomic E-state index is 13.0. The highest BCUT2D eigenvalue weighted by Gasteiger charge is 2.28. The minimum Gasteiger partial charge on any atom is -0.463 e. The molecule has 0 aromatic carbocycles. The first kappa shape index (κ1) is 19.4. The monoisotopic (exact) mass is 411 g/mol. The number of amides is 1. The number of fused-ring (bicyclic) bond motifs is 3. The van der Waals surface area contributed by atoms with Crippen LogP contribution in [-0.4, -0.2) is 62.1 Å². The molecule has 3 aromatic rings. The van der Waals surface area contributed by atoms with Gasteiger partial charge in [-0.3, -0.25) is 14.0 Å². The maximum absolute atomic E-state index is 13.0. The molecule has 0 atom stereocenters. The molecule has 30 heavy (non-hydrogen) atoms. The van der Waals surface area contributed by atoms with Crippen LogP contribution in [0.25, 0.3) is 16.6 Å². The van der Waals surface area contributed by atoms with Crippen molar-refractivity contribution in [3.8, 4) is 0 Å². The first-order chi connectivity index (χ1) is 14.7. The Bertz CT molecular complexity index is 1110. The van der Waals surface area contributed by atoms with E-state index in [1.165, 1.54) is 37.0 Å². The van der Waals surface area contributed by atoms with Crippen LogP contribution in [0.2, 0.25) is 0 Å². The van der Waals surface area contributed by atoms with Crippen molar-refractivity contribution in [3.63, 3.8) is 0 Å². The van der Waals surface area contributed by atoms with Gasteiger partial charge in [0.05, 0.1) is 11.8 Å². The summed E-state index contributed by atoms with van der Waals surface area (Å²) >= 11 is 0. The molecule has 2 aliphatic heterocycles. The van der Waals surface area contributed by atoms with Crippen molar-refractivity contribution in [2.24, 2.45) is 0 Å². The van der Waals surface area contributed by atoms with Crippen molar-refractivity contribution in [2.75, 3.05) is 26.2 Å². The van der Waals surface area contributed by atoms with Crippen LogP contribution in [0.5, 0.6) is 0 Å². The Morgan fingerprint density at radius 3 is 2.63 bits per heavy atom. The summed E-state index contributed by atoms with van der Waals surface area (Å²) in [5.41, 5.74) is 1.75. The lowest BCUT2D eigenvalue weighted by atomic mass is 10.00. The molecule has 2 saturated heterocycles. The number of aryl methyl sites for hydroxylation is 1. The zero-order chi connectivity index (χ0) is 20.7. The molecule has 0 radical (unpaired) electrons. The van der Waals surface area contributed by atoms with Gasteiger partial charge in [0.2, 0.25) is 5.91 Å². The molecule has 0 saturated carbocycles. The zero-order valence-electron chi connectivity index (χ0n) is 17.5. The second-order valence-corrected chi connectivity index (χ2v) is 8.48. The fraction of sp³-hybridized carbons (Fsp3) is 0.591. The van der Waals surface area contributed by atoms with Gasteiger partial charge in [-0.05, 0) is 38.8 Å². The highest BCUT2D eigenvalue weighted by Crippen LogP contribution is 2.22. The number of furan rings is 1. The predicted octanol–water partition coefficient (Wildman–Crippen LogP) is 2.28. The fourth-order valence-electron chi connectivity index (χ4n) is 5.05. The van der Waals surface area contributed by atoms with E-state index in [0.29, 0.717) is 23.6 Å². The van der Waals surface area contributed by atoms with E-state index in [9.17, 15) is 9.59 Å². The summed E-state index contributed by atoms with van der Waals surface area (Å²) in [4.78, 5) is 30.4. The number of piperidine rings is 2. The molecule has 2 aliphatic rings. The van der Waals surface area contributed by atoms with Crippen molar-refractivity contribution in [1.29, 1.82) is 0 Å². The summed E-state index contributed by atoms with van der Waals surface area (Å²) < 4.78 is 8.62.